The van der Waals surface area contributed by atoms with Crippen molar-refractivity contribution in [2.75, 3.05) is 19.0 Å². The molecule has 1 aliphatic carbocycles. The van der Waals surface area contributed by atoms with Gasteiger partial charge in [0.2, 0.25) is 0 Å². The number of hydrogen-bond donors (Lipinski definition) is 1. The summed E-state index contributed by atoms with van der Waals surface area (Å²) in [5, 5.41) is 2.90. The van der Waals surface area contributed by atoms with E-state index in [-0.39, 0.29) is 0 Å². The predicted molar refractivity (Wildman–Crippen MR) is 97.6 cm³/mol. The molecule has 0 fully saturated rings. The molecule has 3 rings (SSSR count). The zero-order valence-corrected chi connectivity index (χ0v) is 15.8. The van der Waals surface area contributed by atoms with E-state index >= 15 is 0 Å². The van der Waals surface area contributed by atoms with E-state index in [2.05, 4.69) is 5.32 Å². The van der Waals surface area contributed by atoms with Crippen LogP contribution in [0.2, 0.25) is 0 Å². The van der Waals surface area contributed by atoms with E-state index < -0.39 is 41.7 Å². The Bertz CT molecular complexity index is 941. The van der Waals surface area contributed by atoms with Crippen molar-refractivity contribution in [1.29, 1.82) is 0 Å². The van der Waals surface area contributed by atoms with Gasteiger partial charge in [-0.25, -0.2) is 18.4 Å². The summed E-state index contributed by atoms with van der Waals surface area (Å²) in [5.41, 5.74) is 0.728. The number of hydrogen-bond acceptors (Lipinski definition) is 6. The zero-order valence-electron chi connectivity index (χ0n) is 15.0. The average Bonchev–Trinajstić information content (AvgIpc) is 3.03. The van der Waals surface area contributed by atoms with E-state index in [9.17, 15) is 23.2 Å². The lowest BCUT2D eigenvalue weighted by molar-refractivity contribution is -0.119. The first-order valence-electron chi connectivity index (χ1n) is 8.55. The third-order valence-electron chi connectivity index (χ3n) is 4.30. The summed E-state index contributed by atoms with van der Waals surface area (Å²) in [6.07, 6.45) is 3.49. The van der Waals surface area contributed by atoms with E-state index in [1.807, 2.05) is 0 Å². The van der Waals surface area contributed by atoms with Crippen LogP contribution in [0.1, 0.15) is 44.0 Å². The van der Waals surface area contributed by atoms with Gasteiger partial charge < -0.3 is 14.8 Å². The number of anilines is 1. The van der Waals surface area contributed by atoms with E-state index in [0.29, 0.717) is 16.6 Å². The minimum absolute atomic E-state index is 0.325. The van der Waals surface area contributed by atoms with Crippen LogP contribution in [-0.2, 0) is 27.1 Å². The summed E-state index contributed by atoms with van der Waals surface area (Å²) in [5.74, 6) is -4.22. The normalized spacial score (nSPS) is 12.8. The van der Waals surface area contributed by atoms with Gasteiger partial charge in [-0.15, -0.1) is 11.3 Å². The number of ether oxygens (including phenoxy) is 2. The second kappa shape index (κ2) is 8.47. The lowest BCUT2D eigenvalue weighted by Crippen LogP contribution is -2.22. The molecule has 0 saturated heterocycles. The topological polar surface area (TPSA) is 81.7 Å². The van der Waals surface area contributed by atoms with E-state index in [1.54, 1.807) is 0 Å². The van der Waals surface area contributed by atoms with Crippen molar-refractivity contribution >= 4 is 34.2 Å². The standard InChI is InChI=1S/C19H17F2NO5S/c1-26-19(25)16-12-4-2-3-5-14(12)28-17(16)22-15(23)9-27-18(24)11-7-6-10(20)8-13(11)21/h6-8H,2-5,9H2,1H3,(H,22,23). The van der Waals surface area contributed by atoms with Gasteiger partial charge in [-0.3, -0.25) is 4.79 Å². The summed E-state index contributed by atoms with van der Waals surface area (Å²) < 4.78 is 36.1. The smallest absolute Gasteiger partial charge is 0.341 e. The van der Waals surface area contributed by atoms with Crippen molar-refractivity contribution in [3.63, 3.8) is 0 Å². The average molecular weight is 409 g/mol. The molecule has 0 bridgehead atoms. The molecule has 2 aromatic rings. The van der Waals surface area contributed by atoms with E-state index in [0.717, 1.165) is 48.3 Å². The van der Waals surface area contributed by atoms with Crippen molar-refractivity contribution in [2.24, 2.45) is 0 Å². The molecule has 148 valence electrons. The first-order valence-corrected chi connectivity index (χ1v) is 9.37. The van der Waals surface area contributed by atoms with Gasteiger partial charge >= 0.3 is 11.9 Å². The Morgan fingerprint density at radius 3 is 2.61 bits per heavy atom. The van der Waals surface area contributed by atoms with Gasteiger partial charge in [0, 0.05) is 10.9 Å². The van der Waals surface area contributed by atoms with Crippen molar-refractivity contribution in [1.82, 2.24) is 0 Å². The number of fused-ring (bicyclic) bond motifs is 1. The van der Waals surface area contributed by atoms with Crippen LogP contribution in [0.4, 0.5) is 13.8 Å². The Morgan fingerprint density at radius 2 is 1.89 bits per heavy atom. The van der Waals surface area contributed by atoms with Crippen LogP contribution in [0.25, 0.3) is 0 Å². The Labute approximate surface area is 163 Å². The number of carbonyl (C=O) groups excluding carboxylic acids is 3. The van der Waals surface area contributed by atoms with E-state index in [4.69, 9.17) is 9.47 Å². The molecule has 0 atom stereocenters. The van der Waals surface area contributed by atoms with E-state index in [1.165, 1.54) is 18.4 Å². The highest BCUT2D eigenvalue weighted by Crippen LogP contribution is 2.38. The summed E-state index contributed by atoms with van der Waals surface area (Å²) >= 11 is 1.29. The molecule has 1 heterocycles. The number of amides is 1. The summed E-state index contributed by atoms with van der Waals surface area (Å²) in [7, 11) is 1.26. The fourth-order valence-electron chi connectivity index (χ4n) is 3.00. The van der Waals surface area contributed by atoms with Crippen molar-refractivity contribution in [3.8, 4) is 0 Å². The quantitative estimate of drug-likeness (QED) is 0.765. The minimum atomic E-state index is -1.09. The van der Waals surface area contributed by atoms with Crippen LogP contribution in [0.15, 0.2) is 18.2 Å². The molecule has 0 spiro atoms. The Hall–Kier alpha value is -2.81. The maximum atomic E-state index is 13.6. The molecule has 0 radical (unpaired) electrons. The molecule has 1 aliphatic rings. The van der Waals surface area contributed by atoms with Crippen molar-refractivity contribution < 1.29 is 32.6 Å². The monoisotopic (exact) mass is 409 g/mol. The number of rotatable bonds is 5. The number of nitrogens with one attached hydrogen (secondary N) is 1. The molecule has 0 aliphatic heterocycles. The number of halogens is 2. The van der Waals surface area contributed by atoms with Crippen molar-refractivity contribution in [2.45, 2.75) is 25.7 Å². The number of aryl methyl sites for hydroxylation is 1. The number of esters is 2. The van der Waals surface area contributed by atoms with Gasteiger partial charge in [0.05, 0.1) is 18.2 Å². The molecule has 9 heteroatoms. The third kappa shape index (κ3) is 4.19. The second-order valence-electron chi connectivity index (χ2n) is 6.16. The van der Waals surface area contributed by atoms with Crippen LogP contribution in [-0.4, -0.2) is 31.6 Å². The van der Waals surface area contributed by atoms with Gasteiger partial charge in [-0.05, 0) is 43.4 Å². The third-order valence-corrected chi connectivity index (χ3v) is 5.51. The predicted octanol–water partition coefficient (Wildman–Crippen LogP) is 3.49. The number of benzene rings is 1. The highest BCUT2D eigenvalue weighted by molar-refractivity contribution is 7.17. The van der Waals surface area contributed by atoms with Gasteiger partial charge in [0.1, 0.15) is 16.6 Å². The lowest BCUT2D eigenvalue weighted by Gasteiger charge is -2.11. The fourth-order valence-corrected chi connectivity index (χ4v) is 4.29. The van der Waals surface area contributed by atoms with Gasteiger partial charge in [0.15, 0.2) is 6.61 Å². The summed E-state index contributed by atoms with van der Waals surface area (Å²) in [4.78, 5) is 37.2. The molecule has 28 heavy (non-hydrogen) atoms. The number of methoxy groups -OCH3 is 1. The maximum absolute atomic E-state index is 13.6. The first-order chi connectivity index (χ1) is 13.4. The zero-order chi connectivity index (χ0) is 20.3. The Morgan fingerprint density at radius 1 is 1.14 bits per heavy atom. The van der Waals surface area contributed by atoms with Crippen LogP contribution < -0.4 is 5.32 Å². The highest BCUT2D eigenvalue weighted by atomic mass is 32.1. The van der Waals surface area contributed by atoms with Gasteiger partial charge in [-0.2, -0.15) is 0 Å². The second-order valence-corrected chi connectivity index (χ2v) is 7.26. The van der Waals surface area contributed by atoms with Gasteiger partial charge in [-0.1, -0.05) is 0 Å². The Balaban J connectivity index is 1.69. The highest BCUT2D eigenvalue weighted by Gasteiger charge is 2.27. The lowest BCUT2D eigenvalue weighted by atomic mass is 9.95. The van der Waals surface area contributed by atoms with Crippen molar-refractivity contribution in [3.05, 3.63) is 51.4 Å². The molecule has 1 aromatic heterocycles. The van der Waals surface area contributed by atoms with Crippen LogP contribution >= 0.6 is 11.3 Å². The van der Waals surface area contributed by atoms with Crippen LogP contribution in [0, 0.1) is 11.6 Å². The molecule has 1 N–H and O–H groups in total. The minimum Gasteiger partial charge on any atom is -0.465 e. The molecule has 0 saturated carbocycles. The molecule has 1 amide bonds. The summed E-state index contributed by atoms with van der Waals surface area (Å²) in [6.45, 7) is -0.682. The fraction of sp³-hybridized carbons (Fsp3) is 0.316. The van der Waals surface area contributed by atoms with Gasteiger partial charge in [0.25, 0.3) is 5.91 Å². The maximum Gasteiger partial charge on any atom is 0.341 e. The summed E-state index contributed by atoms with van der Waals surface area (Å²) in [6, 6.07) is 2.40. The molecule has 0 unspecified atom stereocenters. The largest absolute Gasteiger partial charge is 0.465 e. The molecule has 1 aromatic carbocycles. The Kier molecular flexibility index (Phi) is 6.03. The molecular formula is C19H17F2NO5S. The number of thiophene rings is 1. The SMILES string of the molecule is COC(=O)c1c(NC(=O)COC(=O)c2ccc(F)cc2F)sc2c1CCCC2. The molecular weight excluding hydrogens is 392 g/mol. The first kappa shape index (κ1) is 19.9. The van der Waals surface area contributed by atoms with Crippen LogP contribution in [0.5, 0.6) is 0 Å². The molecule has 6 nitrogen and oxygen atoms in total. The number of carbonyl (C=O) groups is 3. The van der Waals surface area contributed by atoms with Crippen LogP contribution in [0.3, 0.4) is 0 Å².